The third kappa shape index (κ3) is 42.9. The Morgan fingerprint density at radius 2 is 0.385 bits per heavy atom. The third-order valence-corrected chi connectivity index (χ3v) is 16.2. The van der Waals surface area contributed by atoms with Gasteiger partial charge in [0.1, 0.15) is 0 Å². The van der Waals surface area contributed by atoms with Gasteiger partial charge in [0.05, 0.1) is 0 Å². The predicted octanol–water partition coefficient (Wildman–Crippen LogP) is 19.1. The van der Waals surface area contributed by atoms with Crippen LogP contribution in [0, 0.1) is 35.5 Å². The van der Waals surface area contributed by atoms with Crippen LogP contribution in [0.25, 0.3) is 0 Å². The van der Waals surface area contributed by atoms with Crippen molar-refractivity contribution in [3.05, 3.63) is 0 Å². The first-order valence-corrected chi connectivity index (χ1v) is 27.5. The van der Waals surface area contributed by atoms with Crippen molar-refractivity contribution in [2.75, 3.05) is 37.0 Å². The molecule has 0 aliphatic rings. The molecule has 0 saturated heterocycles. The Morgan fingerprint density at radius 3 is 0.481 bits per heavy atom. The molecule has 0 saturated carbocycles. The maximum Gasteiger partial charge on any atom is 3.00 e. The molecule has 0 aliphatic carbocycles. The van der Waals surface area contributed by atoms with Crippen LogP contribution in [0.1, 0.15) is 237 Å². The summed E-state index contributed by atoms with van der Waals surface area (Å²) in [6.07, 6.45) is 42.6. The second-order valence-electron chi connectivity index (χ2n) is 16.3. The van der Waals surface area contributed by atoms with Gasteiger partial charge in [0, 0.05) is 0 Å². The average Bonchev–Trinajstić information content (AvgIpc) is 3.16. The Morgan fingerprint density at radius 1 is 0.250 bits per heavy atom. The maximum absolute atomic E-state index is 2.37. The van der Waals surface area contributed by atoms with E-state index >= 15 is 0 Å². The van der Waals surface area contributed by atoms with Gasteiger partial charge >= 0.3 is 17.1 Å². The summed E-state index contributed by atoms with van der Waals surface area (Å²) >= 11 is 0. The quantitative estimate of drug-likeness (QED) is 0.0436. The van der Waals surface area contributed by atoms with Crippen molar-refractivity contribution in [3.8, 4) is 0 Å². The standard InChI is InChI=1S/3C16H34P.Fe/c3*1-5-9-11-15(7-3)13-17-14-16(8-4)12-10-6-2;/h3*15-16H,5-14H2,1-4H3;/q3*-1;+3. The molecule has 0 bridgehead atoms. The molecule has 6 unspecified atom stereocenters. The summed E-state index contributed by atoms with van der Waals surface area (Å²) in [6, 6.07) is 0. The van der Waals surface area contributed by atoms with Crippen molar-refractivity contribution in [3.63, 3.8) is 0 Å². The predicted molar refractivity (Wildman–Crippen MR) is 250 cm³/mol. The van der Waals surface area contributed by atoms with Gasteiger partial charge in [-0.3, -0.25) is 0 Å². The fraction of sp³-hybridized carbons (Fsp3) is 1.00. The SMILES string of the molecule is CCCCC(CC)C[P-]CC(CC)CCCC.CCCCC(CC)C[P-]CC(CC)CCCC.CCCCC(CC)C[P-]CC(CC)CCCC.[Fe+3]. The Kier molecular flexibility index (Phi) is 59.1. The minimum Gasteiger partial charge on any atom is -0.539 e. The van der Waals surface area contributed by atoms with E-state index in [9.17, 15) is 0 Å². The Bertz CT molecular complexity index is 473. The van der Waals surface area contributed by atoms with Gasteiger partial charge in [-0.2, -0.15) is 37.0 Å². The third-order valence-electron chi connectivity index (χ3n) is 11.6. The van der Waals surface area contributed by atoms with Gasteiger partial charge in [-0.05, 0) is 0 Å². The fourth-order valence-electron chi connectivity index (χ4n) is 6.82. The van der Waals surface area contributed by atoms with Crippen LogP contribution in [0.15, 0.2) is 0 Å². The molecule has 0 amide bonds. The van der Waals surface area contributed by atoms with Crippen LogP contribution in [0.5, 0.6) is 0 Å². The van der Waals surface area contributed by atoms with Crippen molar-refractivity contribution in [2.45, 2.75) is 237 Å². The van der Waals surface area contributed by atoms with Crippen molar-refractivity contribution in [1.82, 2.24) is 0 Å². The van der Waals surface area contributed by atoms with Gasteiger partial charge in [-0.15, -0.1) is 0 Å². The zero-order chi connectivity index (χ0) is 38.8. The molecule has 1 radical (unpaired) electrons. The first kappa shape index (κ1) is 60.5. The monoisotopic (exact) mass is 828 g/mol. The number of unbranched alkanes of at least 4 members (excludes halogenated alkanes) is 6. The topological polar surface area (TPSA) is 0 Å². The smallest absolute Gasteiger partial charge is 0.539 e. The zero-order valence-corrected chi connectivity index (χ0v) is 42.2. The van der Waals surface area contributed by atoms with E-state index in [1.54, 1.807) is 25.7 Å². The van der Waals surface area contributed by atoms with Crippen LogP contribution in [0.2, 0.25) is 0 Å². The van der Waals surface area contributed by atoms with E-state index in [2.05, 4.69) is 83.1 Å². The summed E-state index contributed by atoms with van der Waals surface area (Å²) in [7, 11) is 5.17. The van der Waals surface area contributed by atoms with Gasteiger partial charge in [0.2, 0.25) is 0 Å². The Balaban J connectivity index is -0.000000329. The van der Waals surface area contributed by atoms with Crippen molar-refractivity contribution >= 4 is 25.7 Å². The zero-order valence-electron chi connectivity index (χ0n) is 38.4. The van der Waals surface area contributed by atoms with Gasteiger partial charge in [-0.25, -0.2) is 0 Å². The van der Waals surface area contributed by atoms with E-state index < -0.39 is 0 Å². The molecular formula is C48H102FeP3. The summed E-state index contributed by atoms with van der Waals surface area (Å²) in [4.78, 5) is 0. The molecule has 0 nitrogen and oxygen atoms in total. The molecule has 4 heteroatoms. The van der Waals surface area contributed by atoms with Gasteiger partial charge in [0.25, 0.3) is 0 Å². The molecule has 0 aromatic carbocycles. The molecule has 0 fully saturated rings. The first-order chi connectivity index (χ1) is 24.8. The second kappa shape index (κ2) is 50.8. The average molecular weight is 828 g/mol. The molecule has 0 rings (SSSR count). The van der Waals surface area contributed by atoms with Crippen LogP contribution < -0.4 is 0 Å². The number of hydrogen-bond donors (Lipinski definition) is 0. The normalized spacial score (nSPS) is 15.2. The maximum atomic E-state index is 2.37. The minimum absolute atomic E-state index is 0. The number of hydrogen-bond acceptors (Lipinski definition) is 0. The van der Waals surface area contributed by atoms with Crippen LogP contribution in [-0.4, -0.2) is 37.0 Å². The molecule has 0 heterocycles. The first-order valence-electron chi connectivity index (χ1n) is 23.7. The van der Waals surface area contributed by atoms with Crippen molar-refractivity contribution in [1.29, 1.82) is 0 Å². The largest absolute Gasteiger partial charge is 3.00 e. The van der Waals surface area contributed by atoms with Crippen LogP contribution in [0.4, 0.5) is 0 Å². The molecular weight excluding hydrogens is 725 g/mol. The molecule has 0 aromatic heterocycles. The van der Waals surface area contributed by atoms with Crippen LogP contribution >= 0.6 is 25.7 Å². The second-order valence-corrected chi connectivity index (χ2v) is 19.8. The van der Waals surface area contributed by atoms with E-state index in [0.29, 0.717) is 0 Å². The van der Waals surface area contributed by atoms with E-state index in [0.717, 1.165) is 35.5 Å². The van der Waals surface area contributed by atoms with Gasteiger partial charge < -0.3 is 25.7 Å². The summed E-state index contributed by atoms with van der Waals surface area (Å²) in [5.41, 5.74) is 0. The van der Waals surface area contributed by atoms with E-state index in [1.807, 2.05) is 0 Å². The van der Waals surface area contributed by atoms with Crippen molar-refractivity contribution < 1.29 is 17.1 Å². The summed E-state index contributed by atoms with van der Waals surface area (Å²) < 4.78 is 0. The Hall–Kier alpha value is 1.81. The molecule has 6 atom stereocenters. The Labute approximate surface area is 350 Å². The van der Waals surface area contributed by atoms with Crippen LogP contribution in [0.3, 0.4) is 0 Å². The van der Waals surface area contributed by atoms with Crippen LogP contribution in [-0.2, 0) is 17.1 Å². The van der Waals surface area contributed by atoms with E-state index in [4.69, 9.17) is 0 Å². The molecule has 0 aromatic rings. The summed E-state index contributed by atoms with van der Waals surface area (Å²) in [5.74, 6) is 6.00. The fourth-order valence-corrected chi connectivity index (χ4v) is 12.1. The van der Waals surface area contributed by atoms with E-state index in [1.165, 1.54) is 191 Å². The van der Waals surface area contributed by atoms with Crippen molar-refractivity contribution in [2.24, 2.45) is 35.5 Å². The molecule has 317 valence electrons. The minimum atomic E-state index is 0. The molecule has 0 spiro atoms. The number of rotatable bonds is 36. The molecule has 0 N–H and O–H groups in total. The summed E-state index contributed by atoms with van der Waals surface area (Å²) in [6.45, 7) is 28.0. The summed E-state index contributed by atoms with van der Waals surface area (Å²) in [5, 5.41) is 0. The van der Waals surface area contributed by atoms with Gasteiger partial charge in [-0.1, -0.05) is 273 Å². The van der Waals surface area contributed by atoms with Gasteiger partial charge in [0.15, 0.2) is 0 Å². The molecule has 52 heavy (non-hydrogen) atoms. The molecule has 0 aliphatic heterocycles. The van der Waals surface area contributed by atoms with E-state index in [-0.39, 0.29) is 17.1 Å².